The molecule has 0 spiro atoms. The molecule has 3 nitrogen and oxygen atoms in total. The molecule has 0 aliphatic heterocycles. The lowest BCUT2D eigenvalue weighted by atomic mass is 9.97. The van der Waals surface area contributed by atoms with Crippen LogP contribution in [0.3, 0.4) is 0 Å². The minimum Gasteiger partial charge on any atom is -0.271 e. The van der Waals surface area contributed by atoms with E-state index in [-0.39, 0.29) is 6.04 Å². The maximum Gasteiger partial charge on any atom is 0.0705 e. The van der Waals surface area contributed by atoms with Crippen LogP contribution in [0.1, 0.15) is 57.1 Å². The lowest BCUT2D eigenvalue weighted by Crippen LogP contribution is -2.28. The van der Waals surface area contributed by atoms with Crippen LogP contribution < -0.4 is 11.3 Å². The molecule has 2 rings (SSSR count). The molecule has 0 aliphatic carbocycles. The summed E-state index contributed by atoms with van der Waals surface area (Å²) < 4.78 is 0. The number of hydrazine groups is 1. The van der Waals surface area contributed by atoms with E-state index >= 15 is 0 Å². The van der Waals surface area contributed by atoms with Crippen molar-refractivity contribution in [3.8, 4) is 0 Å². The van der Waals surface area contributed by atoms with Crippen molar-refractivity contribution in [2.45, 2.75) is 51.5 Å². The van der Waals surface area contributed by atoms with Crippen LogP contribution in [0.25, 0.3) is 10.9 Å². The van der Waals surface area contributed by atoms with E-state index in [9.17, 15) is 0 Å². The summed E-state index contributed by atoms with van der Waals surface area (Å²) in [5.74, 6) is 5.77. The van der Waals surface area contributed by atoms with Gasteiger partial charge in [-0.1, -0.05) is 57.2 Å². The Morgan fingerprint density at radius 1 is 1.10 bits per heavy atom. The monoisotopic (exact) mass is 271 g/mol. The van der Waals surface area contributed by atoms with Crippen LogP contribution in [0.2, 0.25) is 0 Å². The number of pyridine rings is 1. The summed E-state index contributed by atoms with van der Waals surface area (Å²) in [5, 5.41) is 1.20. The number of nitrogens with zero attached hydrogens (tertiary/aromatic N) is 1. The first-order chi connectivity index (χ1) is 9.86. The second kappa shape index (κ2) is 7.98. The average Bonchev–Trinajstić information content (AvgIpc) is 2.51. The normalized spacial score (nSPS) is 12.7. The summed E-state index contributed by atoms with van der Waals surface area (Å²) in [6.07, 6.45) is 9.39. The van der Waals surface area contributed by atoms with Crippen molar-refractivity contribution < 1.29 is 0 Å². The third-order valence-electron chi connectivity index (χ3n) is 3.86. The topological polar surface area (TPSA) is 50.9 Å². The molecule has 3 heteroatoms. The zero-order valence-electron chi connectivity index (χ0n) is 12.3. The van der Waals surface area contributed by atoms with Gasteiger partial charge in [0.25, 0.3) is 0 Å². The molecule has 1 aromatic carbocycles. The van der Waals surface area contributed by atoms with Gasteiger partial charge in [-0.2, -0.15) is 0 Å². The van der Waals surface area contributed by atoms with Crippen molar-refractivity contribution >= 4 is 10.9 Å². The number of hydrogen-bond donors (Lipinski definition) is 2. The third-order valence-corrected chi connectivity index (χ3v) is 3.86. The first-order valence-electron chi connectivity index (χ1n) is 7.66. The van der Waals surface area contributed by atoms with E-state index < -0.39 is 0 Å². The molecule has 1 heterocycles. The summed E-state index contributed by atoms with van der Waals surface area (Å²) in [7, 11) is 0. The molecule has 20 heavy (non-hydrogen) atoms. The van der Waals surface area contributed by atoms with Crippen molar-refractivity contribution in [3.05, 3.63) is 42.1 Å². The number of nitrogens with one attached hydrogen (secondary N) is 1. The lowest BCUT2D eigenvalue weighted by molar-refractivity contribution is 0.481. The Hall–Kier alpha value is -1.45. The Labute approximate surface area is 121 Å². The SMILES string of the molecule is CCCCCCCC(NN)c1ccnc2ccccc12. The number of nitrogens with two attached hydrogens (primary N) is 1. The molecule has 0 saturated carbocycles. The first kappa shape index (κ1) is 14.9. The fourth-order valence-corrected chi connectivity index (χ4v) is 2.70. The summed E-state index contributed by atoms with van der Waals surface area (Å²) in [6, 6.07) is 10.5. The second-order valence-electron chi connectivity index (χ2n) is 5.34. The smallest absolute Gasteiger partial charge is 0.0705 e. The molecule has 0 bridgehead atoms. The zero-order valence-corrected chi connectivity index (χ0v) is 12.3. The van der Waals surface area contributed by atoms with Gasteiger partial charge in [-0.15, -0.1) is 0 Å². The van der Waals surface area contributed by atoms with Crippen molar-refractivity contribution in [2.24, 2.45) is 5.84 Å². The van der Waals surface area contributed by atoms with Gasteiger partial charge in [0, 0.05) is 17.6 Å². The fraction of sp³-hybridized carbons (Fsp3) is 0.471. The van der Waals surface area contributed by atoms with Crippen LogP contribution in [-0.4, -0.2) is 4.98 Å². The highest BCUT2D eigenvalue weighted by Crippen LogP contribution is 2.26. The van der Waals surface area contributed by atoms with Crippen molar-refractivity contribution in [3.63, 3.8) is 0 Å². The lowest BCUT2D eigenvalue weighted by Gasteiger charge is -2.18. The van der Waals surface area contributed by atoms with E-state index in [2.05, 4.69) is 35.5 Å². The molecule has 0 fully saturated rings. The maximum absolute atomic E-state index is 5.77. The summed E-state index contributed by atoms with van der Waals surface area (Å²) in [5.41, 5.74) is 5.27. The van der Waals surface area contributed by atoms with Gasteiger partial charge in [-0.05, 0) is 24.1 Å². The van der Waals surface area contributed by atoms with E-state index in [0.717, 1.165) is 11.9 Å². The van der Waals surface area contributed by atoms with Crippen LogP contribution in [0.4, 0.5) is 0 Å². The summed E-state index contributed by atoms with van der Waals surface area (Å²) >= 11 is 0. The minimum absolute atomic E-state index is 0.213. The van der Waals surface area contributed by atoms with Gasteiger partial charge in [0.1, 0.15) is 0 Å². The molecule has 3 N–H and O–H groups in total. The summed E-state index contributed by atoms with van der Waals surface area (Å²) in [6.45, 7) is 2.24. The molecular weight excluding hydrogens is 246 g/mol. The maximum atomic E-state index is 5.77. The van der Waals surface area contributed by atoms with Crippen LogP contribution in [0.15, 0.2) is 36.5 Å². The van der Waals surface area contributed by atoms with Crippen molar-refractivity contribution in [2.75, 3.05) is 0 Å². The van der Waals surface area contributed by atoms with E-state index in [1.54, 1.807) is 0 Å². The predicted octanol–water partition coefficient (Wildman–Crippen LogP) is 4.10. The number of rotatable bonds is 8. The summed E-state index contributed by atoms with van der Waals surface area (Å²) in [4.78, 5) is 4.41. The molecule has 0 radical (unpaired) electrons. The standard InChI is InChI=1S/C17H25N3/c1-2-3-4-5-6-11-17(20-18)15-12-13-19-16-10-8-7-9-14(15)16/h7-10,12-13,17,20H,2-6,11,18H2,1H3. The molecule has 2 aromatic rings. The van der Waals surface area contributed by atoms with Crippen LogP contribution in [0.5, 0.6) is 0 Å². The van der Waals surface area contributed by atoms with E-state index in [1.807, 2.05) is 18.3 Å². The van der Waals surface area contributed by atoms with Gasteiger partial charge in [-0.25, -0.2) is 0 Å². The highest BCUT2D eigenvalue weighted by Gasteiger charge is 2.12. The van der Waals surface area contributed by atoms with Crippen LogP contribution >= 0.6 is 0 Å². The Kier molecular flexibility index (Phi) is 5.96. The van der Waals surface area contributed by atoms with Crippen LogP contribution in [0, 0.1) is 0 Å². The highest BCUT2D eigenvalue weighted by molar-refractivity contribution is 5.82. The predicted molar refractivity (Wildman–Crippen MR) is 85.2 cm³/mol. The molecule has 1 aromatic heterocycles. The molecule has 0 amide bonds. The third kappa shape index (κ3) is 3.78. The highest BCUT2D eigenvalue weighted by atomic mass is 15.2. The number of benzene rings is 1. The van der Waals surface area contributed by atoms with Gasteiger partial charge < -0.3 is 0 Å². The molecule has 1 unspecified atom stereocenters. The number of para-hydroxylation sites is 1. The number of aromatic nitrogens is 1. The number of hydrogen-bond acceptors (Lipinski definition) is 3. The number of unbranched alkanes of at least 4 members (excludes halogenated alkanes) is 4. The average molecular weight is 271 g/mol. The molecule has 0 aliphatic rings. The van der Waals surface area contributed by atoms with Gasteiger partial charge in [0.05, 0.1) is 5.52 Å². The molecule has 108 valence electrons. The fourth-order valence-electron chi connectivity index (χ4n) is 2.70. The van der Waals surface area contributed by atoms with Gasteiger partial charge >= 0.3 is 0 Å². The van der Waals surface area contributed by atoms with Crippen molar-refractivity contribution in [1.29, 1.82) is 0 Å². The molecule has 1 atom stereocenters. The zero-order chi connectivity index (χ0) is 14.2. The van der Waals surface area contributed by atoms with E-state index in [4.69, 9.17) is 5.84 Å². The van der Waals surface area contributed by atoms with Gasteiger partial charge in [0.2, 0.25) is 0 Å². The van der Waals surface area contributed by atoms with Crippen LogP contribution in [-0.2, 0) is 0 Å². The first-order valence-corrected chi connectivity index (χ1v) is 7.66. The Morgan fingerprint density at radius 2 is 1.90 bits per heavy atom. The quantitative estimate of drug-likeness (QED) is 0.432. The Bertz CT molecular complexity index is 519. The van der Waals surface area contributed by atoms with Crippen molar-refractivity contribution in [1.82, 2.24) is 10.4 Å². The number of fused-ring (bicyclic) bond motifs is 1. The molecule has 0 saturated heterocycles. The van der Waals surface area contributed by atoms with E-state index in [0.29, 0.717) is 0 Å². The Balaban J connectivity index is 2.05. The van der Waals surface area contributed by atoms with E-state index in [1.165, 1.54) is 43.1 Å². The van der Waals surface area contributed by atoms with Gasteiger partial charge in [-0.3, -0.25) is 16.3 Å². The largest absolute Gasteiger partial charge is 0.271 e. The Morgan fingerprint density at radius 3 is 2.70 bits per heavy atom. The minimum atomic E-state index is 0.213. The second-order valence-corrected chi connectivity index (χ2v) is 5.34. The van der Waals surface area contributed by atoms with Gasteiger partial charge in [0.15, 0.2) is 0 Å². The molecular formula is C17H25N3.